The molecule has 1 fully saturated rings. The molecule has 138 valence electrons. The molecular formula is C18H22N4O3S. The minimum atomic E-state index is -3.71. The lowest BCUT2D eigenvalue weighted by molar-refractivity contribution is 0.0766. The fourth-order valence-electron chi connectivity index (χ4n) is 2.79. The van der Waals surface area contributed by atoms with Crippen molar-refractivity contribution in [2.45, 2.75) is 17.9 Å². The van der Waals surface area contributed by atoms with E-state index in [1.165, 1.54) is 12.1 Å². The van der Waals surface area contributed by atoms with Crippen LogP contribution in [0.1, 0.15) is 22.3 Å². The number of aromatic nitrogens is 1. The fourth-order valence-corrected chi connectivity index (χ4v) is 3.86. The second-order valence-electron chi connectivity index (χ2n) is 6.11. The van der Waals surface area contributed by atoms with E-state index in [-0.39, 0.29) is 17.3 Å². The Hall–Kier alpha value is -2.29. The predicted octanol–water partition coefficient (Wildman–Crippen LogP) is 0.996. The van der Waals surface area contributed by atoms with Gasteiger partial charge in [-0.2, -0.15) is 0 Å². The van der Waals surface area contributed by atoms with Crippen molar-refractivity contribution in [1.82, 2.24) is 19.9 Å². The van der Waals surface area contributed by atoms with Crippen molar-refractivity contribution in [3.8, 4) is 0 Å². The number of hydrogen-bond acceptors (Lipinski definition) is 5. The van der Waals surface area contributed by atoms with E-state index >= 15 is 0 Å². The molecule has 1 aliphatic rings. The average molecular weight is 374 g/mol. The Morgan fingerprint density at radius 3 is 2.88 bits per heavy atom. The summed E-state index contributed by atoms with van der Waals surface area (Å²) in [5.74, 6) is -0.141. The Morgan fingerprint density at radius 2 is 2.08 bits per heavy atom. The third-order valence-corrected chi connectivity index (χ3v) is 5.61. The second kappa shape index (κ2) is 8.39. The minimum Gasteiger partial charge on any atom is -0.337 e. The number of benzene rings is 1. The van der Waals surface area contributed by atoms with Crippen molar-refractivity contribution >= 4 is 15.9 Å². The fraction of sp³-hybridized carbons (Fsp3) is 0.333. The lowest BCUT2D eigenvalue weighted by Gasteiger charge is -2.20. The van der Waals surface area contributed by atoms with Crippen LogP contribution in [0.15, 0.2) is 53.7 Å². The van der Waals surface area contributed by atoms with Gasteiger partial charge in [0, 0.05) is 44.1 Å². The van der Waals surface area contributed by atoms with Crippen LogP contribution >= 0.6 is 0 Å². The van der Waals surface area contributed by atoms with E-state index in [0.29, 0.717) is 18.7 Å². The number of carbonyl (C=O) groups is 1. The Kier molecular flexibility index (Phi) is 5.97. The standard InChI is InChI=1S/C18H22N4O3S/c23-18(22-10-3-8-19-9-11-22)16-5-1-6-17(12-16)26(24,25)21-14-15-4-2-7-20-13-15/h1-2,4-7,12-13,19,21H,3,8-11,14H2. The monoisotopic (exact) mass is 374 g/mol. The van der Waals surface area contributed by atoms with Crippen LogP contribution in [-0.4, -0.2) is 50.4 Å². The molecule has 1 aromatic carbocycles. The molecule has 3 rings (SSSR count). The average Bonchev–Trinajstić information content (AvgIpc) is 2.96. The molecule has 1 amide bonds. The van der Waals surface area contributed by atoms with Crippen LogP contribution in [-0.2, 0) is 16.6 Å². The van der Waals surface area contributed by atoms with E-state index in [1.807, 2.05) is 0 Å². The van der Waals surface area contributed by atoms with Crippen molar-refractivity contribution in [1.29, 1.82) is 0 Å². The zero-order valence-corrected chi connectivity index (χ0v) is 15.2. The first-order valence-electron chi connectivity index (χ1n) is 8.55. The molecule has 1 aliphatic heterocycles. The summed E-state index contributed by atoms with van der Waals surface area (Å²) in [7, 11) is -3.71. The van der Waals surface area contributed by atoms with Crippen molar-refractivity contribution in [2.75, 3.05) is 26.2 Å². The van der Waals surface area contributed by atoms with Crippen molar-refractivity contribution in [3.63, 3.8) is 0 Å². The van der Waals surface area contributed by atoms with Crippen LogP contribution in [0.2, 0.25) is 0 Å². The largest absolute Gasteiger partial charge is 0.337 e. The van der Waals surface area contributed by atoms with Crippen molar-refractivity contribution < 1.29 is 13.2 Å². The number of pyridine rings is 1. The quantitative estimate of drug-likeness (QED) is 0.815. The smallest absolute Gasteiger partial charge is 0.253 e. The van der Waals surface area contributed by atoms with E-state index in [2.05, 4.69) is 15.0 Å². The Morgan fingerprint density at radius 1 is 1.19 bits per heavy atom. The number of hydrogen-bond donors (Lipinski definition) is 2. The highest BCUT2D eigenvalue weighted by molar-refractivity contribution is 7.89. The molecule has 2 heterocycles. The molecular weight excluding hydrogens is 352 g/mol. The van der Waals surface area contributed by atoms with Gasteiger partial charge in [0.05, 0.1) is 4.90 Å². The third-order valence-electron chi connectivity index (χ3n) is 4.21. The summed E-state index contributed by atoms with van der Waals surface area (Å²) in [6, 6.07) is 9.73. The predicted molar refractivity (Wildman–Crippen MR) is 98.1 cm³/mol. The molecule has 0 unspecified atom stereocenters. The number of amides is 1. The van der Waals surface area contributed by atoms with E-state index in [9.17, 15) is 13.2 Å². The molecule has 2 aromatic rings. The first kappa shape index (κ1) is 18.5. The molecule has 0 atom stereocenters. The van der Waals surface area contributed by atoms with Gasteiger partial charge in [0.15, 0.2) is 0 Å². The van der Waals surface area contributed by atoms with Gasteiger partial charge in [-0.05, 0) is 42.8 Å². The van der Waals surface area contributed by atoms with Crippen LogP contribution in [0.25, 0.3) is 0 Å². The normalized spacial score (nSPS) is 15.5. The topological polar surface area (TPSA) is 91.4 Å². The Balaban J connectivity index is 1.74. The summed E-state index contributed by atoms with van der Waals surface area (Å²) in [6.07, 6.45) is 4.12. The number of nitrogens with one attached hydrogen (secondary N) is 2. The van der Waals surface area contributed by atoms with Gasteiger partial charge in [-0.25, -0.2) is 13.1 Å². The van der Waals surface area contributed by atoms with E-state index in [0.717, 1.165) is 25.1 Å². The molecule has 1 aromatic heterocycles. The van der Waals surface area contributed by atoms with E-state index < -0.39 is 10.0 Å². The SMILES string of the molecule is O=C(c1cccc(S(=O)(=O)NCc2cccnc2)c1)N1CCCNCC1. The second-order valence-corrected chi connectivity index (χ2v) is 7.88. The highest BCUT2D eigenvalue weighted by atomic mass is 32.2. The summed E-state index contributed by atoms with van der Waals surface area (Å²) in [5.41, 5.74) is 1.15. The minimum absolute atomic E-state index is 0.0835. The van der Waals surface area contributed by atoms with Gasteiger partial charge in [0.2, 0.25) is 10.0 Å². The lowest BCUT2D eigenvalue weighted by Crippen LogP contribution is -2.34. The molecule has 0 bridgehead atoms. The van der Waals surface area contributed by atoms with Gasteiger partial charge in [0.25, 0.3) is 5.91 Å². The van der Waals surface area contributed by atoms with Crippen molar-refractivity contribution in [2.24, 2.45) is 0 Å². The molecule has 2 N–H and O–H groups in total. The van der Waals surface area contributed by atoms with E-state index in [1.54, 1.807) is 41.6 Å². The highest BCUT2D eigenvalue weighted by Gasteiger charge is 2.20. The number of carbonyl (C=O) groups excluding carboxylic acids is 1. The maximum atomic E-state index is 12.7. The maximum Gasteiger partial charge on any atom is 0.253 e. The van der Waals surface area contributed by atoms with Crippen LogP contribution in [0, 0.1) is 0 Å². The van der Waals surface area contributed by atoms with Gasteiger partial charge in [-0.15, -0.1) is 0 Å². The first-order valence-corrected chi connectivity index (χ1v) is 10.0. The van der Waals surface area contributed by atoms with Gasteiger partial charge >= 0.3 is 0 Å². The van der Waals surface area contributed by atoms with Gasteiger partial charge in [-0.1, -0.05) is 12.1 Å². The third kappa shape index (κ3) is 4.66. The zero-order chi connectivity index (χ0) is 18.4. The molecule has 0 spiro atoms. The molecule has 0 aliphatic carbocycles. The Bertz CT molecular complexity index is 848. The van der Waals surface area contributed by atoms with Crippen molar-refractivity contribution in [3.05, 3.63) is 59.9 Å². The van der Waals surface area contributed by atoms with E-state index in [4.69, 9.17) is 0 Å². The number of rotatable bonds is 5. The number of nitrogens with zero attached hydrogens (tertiary/aromatic N) is 2. The lowest BCUT2D eigenvalue weighted by atomic mass is 10.2. The first-order chi connectivity index (χ1) is 12.6. The summed E-state index contributed by atoms with van der Waals surface area (Å²) >= 11 is 0. The molecule has 0 saturated carbocycles. The van der Waals surface area contributed by atoms with Crippen LogP contribution < -0.4 is 10.0 Å². The Labute approximate surface area is 153 Å². The highest BCUT2D eigenvalue weighted by Crippen LogP contribution is 2.14. The summed E-state index contributed by atoms with van der Waals surface area (Å²) in [4.78, 5) is 18.5. The van der Waals surface area contributed by atoms with Gasteiger partial charge < -0.3 is 10.2 Å². The molecule has 26 heavy (non-hydrogen) atoms. The van der Waals surface area contributed by atoms with Crippen LogP contribution in [0.3, 0.4) is 0 Å². The summed E-state index contributed by atoms with van der Waals surface area (Å²) < 4.78 is 27.6. The van der Waals surface area contributed by atoms with Crippen LogP contribution in [0.5, 0.6) is 0 Å². The maximum absolute atomic E-state index is 12.7. The summed E-state index contributed by atoms with van der Waals surface area (Å²) in [5, 5.41) is 3.25. The number of sulfonamides is 1. The zero-order valence-electron chi connectivity index (χ0n) is 14.4. The molecule has 8 heteroatoms. The molecule has 7 nitrogen and oxygen atoms in total. The van der Waals surface area contributed by atoms with Gasteiger partial charge in [-0.3, -0.25) is 9.78 Å². The molecule has 1 saturated heterocycles. The van der Waals surface area contributed by atoms with Crippen LogP contribution in [0.4, 0.5) is 0 Å². The van der Waals surface area contributed by atoms with Gasteiger partial charge in [0.1, 0.15) is 0 Å². The molecule has 0 radical (unpaired) electrons. The summed E-state index contributed by atoms with van der Waals surface area (Å²) in [6.45, 7) is 3.07.